The third-order valence-corrected chi connectivity index (χ3v) is 6.00. The maximum atomic E-state index is 12.9. The van der Waals surface area contributed by atoms with Crippen molar-refractivity contribution < 1.29 is 13.3 Å². The van der Waals surface area contributed by atoms with Gasteiger partial charge >= 0.3 is 0 Å². The van der Waals surface area contributed by atoms with Crippen LogP contribution in [-0.4, -0.2) is 43.8 Å². The van der Waals surface area contributed by atoms with Gasteiger partial charge in [-0.2, -0.15) is 4.31 Å². The molecule has 1 saturated heterocycles. The number of likely N-dealkylation sites (N-methyl/N-ethyl adjacent to an activating group) is 1. The molecule has 1 unspecified atom stereocenters. The smallest absolute Gasteiger partial charge is 0.270 e. The number of hydrogen-bond acceptors (Lipinski definition) is 5. The van der Waals surface area contributed by atoms with Crippen LogP contribution in [0, 0.1) is 10.1 Å². The highest BCUT2D eigenvalue weighted by atomic mass is 35.5. The maximum Gasteiger partial charge on any atom is 0.270 e. The number of nitrogens with zero attached hydrogens (tertiary/aromatic N) is 2. The van der Waals surface area contributed by atoms with Gasteiger partial charge in [0.15, 0.2) is 0 Å². The molecule has 0 amide bonds. The molecule has 1 fully saturated rings. The number of benzene rings is 1. The van der Waals surface area contributed by atoms with E-state index in [1.54, 1.807) is 0 Å². The molecule has 2 rings (SSSR count). The van der Waals surface area contributed by atoms with Crippen LogP contribution in [0.2, 0.25) is 0 Å². The van der Waals surface area contributed by atoms with Crippen LogP contribution in [0.1, 0.15) is 25.3 Å². The third-order valence-electron chi connectivity index (χ3n) is 4.05. The predicted molar refractivity (Wildman–Crippen MR) is 90.6 cm³/mol. The van der Waals surface area contributed by atoms with Gasteiger partial charge in [-0.25, -0.2) is 8.42 Å². The fraction of sp³-hybridized carbons (Fsp3) is 0.571. The summed E-state index contributed by atoms with van der Waals surface area (Å²) in [5, 5.41) is 14.0. The molecule has 9 heteroatoms. The van der Waals surface area contributed by atoms with Crippen LogP contribution >= 0.6 is 12.4 Å². The van der Waals surface area contributed by atoms with Crippen LogP contribution < -0.4 is 5.32 Å². The van der Waals surface area contributed by atoms with Gasteiger partial charge in [-0.15, -0.1) is 12.4 Å². The van der Waals surface area contributed by atoms with E-state index in [4.69, 9.17) is 0 Å². The molecule has 1 aliphatic rings. The van der Waals surface area contributed by atoms with Crippen molar-refractivity contribution in [2.75, 3.05) is 20.1 Å². The number of sulfonamides is 1. The lowest BCUT2D eigenvalue weighted by molar-refractivity contribution is -0.385. The monoisotopic (exact) mass is 363 g/mol. The molecular formula is C14H22ClN3O4S. The van der Waals surface area contributed by atoms with E-state index in [1.165, 1.54) is 22.5 Å². The summed E-state index contributed by atoms with van der Waals surface area (Å²) in [6.07, 6.45) is 2.22. The van der Waals surface area contributed by atoms with Crippen molar-refractivity contribution in [3.05, 3.63) is 33.9 Å². The maximum absolute atomic E-state index is 12.9. The lowest BCUT2D eigenvalue weighted by Crippen LogP contribution is -2.47. The summed E-state index contributed by atoms with van der Waals surface area (Å²) < 4.78 is 27.2. The highest BCUT2D eigenvalue weighted by Crippen LogP contribution is 2.27. The fourth-order valence-corrected chi connectivity index (χ4v) is 4.56. The van der Waals surface area contributed by atoms with Crippen molar-refractivity contribution in [3.8, 4) is 0 Å². The van der Waals surface area contributed by atoms with Crippen LogP contribution in [0.4, 0.5) is 5.69 Å². The molecule has 1 heterocycles. The van der Waals surface area contributed by atoms with Crippen molar-refractivity contribution in [1.82, 2.24) is 9.62 Å². The molecule has 0 aliphatic carbocycles. The van der Waals surface area contributed by atoms with E-state index in [1.807, 2.05) is 14.0 Å². The number of hydrogen-bond donors (Lipinski definition) is 1. The average Bonchev–Trinajstić information content (AvgIpc) is 2.54. The molecule has 0 aromatic heterocycles. The molecule has 1 N–H and O–H groups in total. The largest absolute Gasteiger partial charge is 0.316 e. The number of nitro benzene ring substituents is 1. The normalized spacial score (nSPS) is 19.1. The molecule has 1 atom stereocenters. The first-order chi connectivity index (χ1) is 10.4. The summed E-state index contributed by atoms with van der Waals surface area (Å²) in [5.74, 6) is 0. The number of nitrogens with one attached hydrogen (secondary N) is 1. The van der Waals surface area contributed by atoms with Gasteiger partial charge in [0.1, 0.15) is 0 Å². The van der Waals surface area contributed by atoms with Crippen molar-refractivity contribution in [2.45, 2.75) is 37.1 Å². The zero-order chi connectivity index (χ0) is 16.3. The van der Waals surface area contributed by atoms with Crippen LogP contribution in [0.3, 0.4) is 0 Å². The Labute approximate surface area is 142 Å². The molecule has 23 heavy (non-hydrogen) atoms. The molecule has 1 aromatic carbocycles. The Morgan fingerprint density at radius 2 is 2.13 bits per heavy atom. The van der Waals surface area contributed by atoms with Gasteiger partial charge in [-0.05, 0) is 31.9 Å². The van der Waals surface area contributed by atoms with Crippen molar-refractivity contribution in [3.63, 3.8) is 0 Å². The standard InChI is InChI=1S/C14H21N3O4S.ClH/c1-3-11-6-7-13(17(18)19)9-14(11)22(20,21)16-8-4-5-12(10-16)15-2;/h6-7,9,12,15H,3-5,8,10H2,1-2H3;1H. The number of non-ortho nitro benzene ring substituents is 1. The molecule has 1 aromatic rings. The van der Waals surface area contributed by atoms with Gasteiger partial charge in [-0.3, -0.25) is 10.1 Å². The highest BCUT2D eigenvalue weighted by molar-refractivity contribution is 7.89. The van der Waals surface area contributed by atoms with E-state index in [0.717, 1.165) is 12.8 Å². The summed E-state index contributed by atoms with van der Waals surface area (Å²) in [5.41, 5.74) is 0.412. The first-order valence-electron chi connectivity index (χ1n) is 7.35. The lowest BCUT2D eigenvalue weighted by Gasteiger charge is -2.32. The zero-order valence-electron chi connectivity index (χ0n) is 13.2. The first-order valence-corrected chi connectivity index (χ1v) is 8.79. The molecule has 0 spiro atoms. The Bertz CT molecular complexity index is 666. The van der Waals surface area contributed by atoms with Gasteiger partial charge in [0.2, 0.25) is 10.0 Å². The molecular weight excluding hydrogens is 342 g/mol. The predicted octanol–water partition coefficient (Wildman–Crippen LogP) is 1.95. The number of piperidine rings is 1. The summed E-state index contributed by atoms with van der Waals surface area (Å²) in [7, 11) is -1.90. The summed E-state index contributed by atoms with van der Waals surface area (Å²) in [6, 6.07) is 4.18. The zero-order valence-corrected chi connectivity index (χ0v) is 14.8. The first kappa shape index (κ1) is 19.8. The molecule has 7 nitrogen and oxygen atoms in total. The highest BCUT2D eigenvalue weighted by Gasteiger charge is 2.32. The Balaban J connectivity index is 0.00000264. The van der Waals surface area contributed by atoms with E-state index < -0.39 is 14.9 Å². The van der Waals surface area contributed by atoms with Gasteiger partial charge < -0.3 is 5.32 Å². The average molecular weight is 364 g/mol. The number of rotatable bonds is 5. The lowest BCUT2D eigenvalue weighted by atomic mass is 10.1. The number of nitro groups is 1. The van der Waals surface area contributed by atoms with E-state index in [-0.39, 0.29) is 29.0 Å². The number of halogens is 1. The second-order valence-corrected chi connectivity index (χ2v) is 7.30. The summed E-state index contributed by atoms with van der Waals surface area (Å²) in [6.45, 7) is 2.68. The minimum Gasteiger partial charge on any atom is -0.316 e. The Morgan fingerprint density at radius 3 is 2.70 bits per heavy atom. The Hall–Kier alpha value is -1.22. The van der Waals surface area contributed by atoms with Crippen LogP contribution in [0.15, 0.2) is 23.1 Å². The molecule has 0 saturated carbocycles. The molecule has 0 radical (unpaired) electrons. The van der Waals surface area contributed by atoms with Crippen LogP contribution in [0.25, 0.3) is 0 Å². The van der Waals surface area contributed by atoms with E-state index >= 15 is 0 Å². The van der Waals surface area contributed by atoms with Gasteiger partial charge in [0, 0.05) is 31.3 Å². The quantitative estimate of drug-likeness (QED) is 0.637. The van der Waals surface area contributed by atoms with Crippen molar-refractivity contribution in [1.29, 1.82) is 0 Å². The van der Waals surface area contributed by atoms with Gasteiger partial charge in [0.05, 0.1) is 9.82 Å². The summed E-state index contributed by atoms with van der Waals surface area (Å²) >= 11 is 0. The molecule has 130 valence electrons. The minimum atomic E-state index is -3.71. The van der Waals surface area contributed by atoms with Gasteiger partial charge in [0.25, 0.3) is 5.69 Å². The summed E-state index contributed by atoms with van der Waals surface area (Å²) in [4.78, 5) is 10.4. The van der Waals surface area contributed by atoms with E-state index in [2.05, 4.69) is 5.32 Å². The second kappa shape index (κ2) is 8.05. The second-order valence-electron chi connectivity index (χ2n) is 5.39. The molecule has 0 bridgehead atoms. The Kier molecular flexibility index (Phi) is 6.94. The van der Waals surface area contributed by atoms with Crippen molar-refractivity contribution in [2.24, 2.45) is 0 Å². The minimum absolute atomic E-state index is 0. The Morgan fingerprint density at radius 1 is 1.43 bits per heavy atom. The van der Waals surface area contributed by atoms with Crippen LogP contribution in [0.5, 0.6) is 0 Å². The van der Waals surface area contributed by atoms with Crippen LogP contribution in [-0.2, 0) is 16.4 Å². The molecule has 1 aliphatic heterocycles. The SMILES string of the molecule is CCc1ccc([N+](=O)[O-])cc1S(=O)(=O)N1CCCC(NC)C1.Cl. The topological polar surface area (TPSA) is 92.5 Å². The fourth-order valence-electron chi connectivity index (χ4n) is 2.72. The van der Waals surface area contributed by atoms with E-state index in [0.29, 0.717) is 25.1 Å². The van der Waals surface area contributed by atoms with Crippen molar-refractivity contribution >= 4 is 28.1 Å². The third kappa shape index (κ3) is 4.20. The van der Waals surface area contributed by atoms with Gasteiger partial charge in [-0.1, -0.05) is 13.0 Å². The number of aryl methyl sites for hydroxylation is 1. The van der Waals surface area contributed by atoms with E-state index in [9.17, 15) is 18.5 Å².